The summed E-state index contributed by atoms with van der Waals surface area (Å²) in [6, 6.07) is 10.7. The fraction of sp³-hybridized carbons (Fsp3) is 0.364. The van der Waals surface area contributed by atoms with Crippen LogP contribution in [0.25, 0.3) is 0 Å². The van der Waals surface area contributed by atoms with E-state index in [4.69, 9.17) is 5.73 Å². The fourth-order valence-corrected chi connectivity index (χ4v) is 3.57. The first-order chi connectivity index (χ1) is 12.8. The van der Waals surface area contributed by atoms with Crippen LogP contribution in [0.1, 0.15) is 51.6 Å². The Morgan fingerprint density at radius 3 is 2.59 bits per heavy atom. The van der Waals surface area contributed by atoms with Crippen molar-refractivity contribution >= 4 is 23.2 Å². The lowest BCUT2D eigenvalue weighted by molar-refractivity contribution is 0.0683. The number of aryl methyl sites for hydroxylation is 2. The minimum atomic E-state index is -0.202. The first kappa shape index (κ1) is 19.0. The molecule has 0 aromatic heterocycles. The molecule has 1 fully saturated rings. The molecule has 2 aromatic carbocycles. The summed E-state index contributed by atoms with van der Waals surface area (Å²) in [7, 11) is 0. The highest BCUT2D eigenvalue weighted by Crippen LogP contribution is 2.22. The second-order valence-electron chi connectivity index (χ2n) is 7.56. The van der Waals surface area contributed by atoms with Crippen molar-refractivity contribution in [3.05, 3.63) is 58.7 Å². The molecular weight excluding hydrogens is 338 g/mol. The zero-order valence-electron chi connectivity index (χ0n) is 16.2. The van der Waals surface area contributed by atoms with Crippen LogP contribution in [0.15, 0.2) is 36.4 Å². The van der Waals surface area contributed by atoms with Gasteiger partial charge in [0.05, 0.1) is 0 Å². The number of amides is 2. The zero-order chi connectivity index (χ0) is 19.6. The third kappa shape index (κ3) is 4.30. The molecule has 0 radical (unpaired) electrons. The molecule has 5 nitrogen and oxygen atoms in total. The van der Waals surface area contributed by atoms with Gasteiger partial charge in [-0.2, -0.15) is 0 Å². The molecule has 1 atom stereocenters. The average molecular weight is 365 g/mol. The Bertz CT molecular complexity index is 876. The van der Waals surface area contributed by atoms with E-state index in [0.29, 0.717) is 28.4 Å². The number of nitrogen functional groups attached to an aromatic ring is 1. The van der Waals surface area contributed by atoms with E-state index in [1.807, 2.05) is 30.9 Å². The van der Waals surface area contributed by atoms with E-state index in [-0.39, 0.29) is 11.8 Å². The molecule has 2 amide bonds. The van der Waals surface area contributed by atoms with E-state index in [1.165, 1.54) is 6.42 Å². The molecule has 5 heteroatoms. The molecule has 0 spiro atoms. The SMILES string of the molecule is Cc1cc(C(=O)N2CCCC(C)C2)ccc1NC(=O)c1cc(N)ccc1C. The molecule has 0 saturated carbocycles. The Kier molecular flexibility index (Phi) is 5.49. The van der Waals surface area contributed by atoms with Gasteiger partial charge in [0.1, 0.15) is 0 Å². The lowest BCUT2D eigenvalue weighted by Crippen LogP contribution is -2.39. The molecule has 1 aliphatic rings. The van der Waals surface area contributed by atoms with Crippen molar-refractivity contribution in [1.29, 1.82) is 0 Å². The van der Waals surface area contributed by atoms with Crippen LogP contribution < -0.4 is 11.1 Å². The van der Waals surface area contributed by atoms with Crippen molar-refractivity contribution in [2.75, 3.05) is 24.1 Å². The number of benzene rings is 2. The van der Waals surface area contributed by atoms with E-state index in [1.54, 1.807) is 24.3 Å². The van der Waals surface area contributed by atoms with E-state index in [9.17, 15) is 9.59 Å². The van der Waals surface area contributed by atoms with Crippen LogP contribution in [-0.4, -0.2) is 29.8 Å². The number of hydrogen-bond acceptors (Lipinski definition) is 3. The summed E-state index contributed by atoms with van der Waals surface area (Å²) in [6.07, 6.45) is 2.23. The minimum absolute atomic E-state index is 0.0641. The lowest BCUT2D eigenvalue weighted by atomic mass is 9.99. The molecule has 3 N–H and O–H groups in total. The molecule has 1 heterocycles. The average Bonchev–Trinajstić information content (AvgIpc) is 2.64. The van der Waals surface area contributed by atoms with Gasteiger partial charge in [-0.3, -0.25) is 9.59 Å². The summed E-state index contributed by atoms with van der Waals surface area (Å²) in [5.41, 5.74) is 10.0. The first-order valence-corrected chi connectivity index (χ1v) is 9.42. The highest BCUT2D eigenvalue weighted by molar-refractivity contribution is 6.06. The summed E-state index contributed by atoms with van der Waals surface area (Å²) in [6.45, 7) is 7.59. The number of carbonyl (C=O) groups is 2. The van der Waals surface area contributed by atoms with E-state index < -0.39 is 0 Å². The van der Waals surface area contributed by atoms with E-state index >= 15 is 0 Å². The minimum Gasteiger partial charge on any atom is -0.399 e. The van der Waals surface area contributed by atoms with Gasteiger partial charge in [0.2, 0.25) is 0 Å². The topological polar surface area (TPSA) is 75.4 Å². The van der Waals surface area contributed by atoms with Gasteiger partial charge in [0.25, 0.3) is 11.8 Å². The van der Waals surface area contributed by atoms with Gasteiger partial charge in [0, 0.05) is 35.6 Å². The predicted molar refractivity (Wildman–Crippen MR) is 109 cm³/mol. The van der Waals surface area contributed by atoms with Crippen LogP contribution in [0.4, 0.5) is 11.4 Å². The van der Waals surface area contributed by atoms with Crippen LogP contribution in [0, 0.1) is 19.8 Å². The summed E-state index contributed by atoms with van der Waals surface area (Å²) in [4.78, 5) is 27.3. The molecule has 2 aromatic rings. The molecule has 0 bridgehead atoms. The van der Waals surface area contributed by atoms with Crippen LogP contribution in [0.3, 0.4) is 0 Å². The van der Waals surface area contributed by atoms with Crippen LogP contribution >= 0.6 is 0 Å². The molecule has 142 valence electrons. The standard InChI is InChI=1S/C22H27N3O2/c1-14-5-4-10-25(13-14)22(27)17-7-9-20(16(3)11-17)24-21(26)19-12-18(23)8-6-15(19)2/h6-9,11-12,14H,4-5,10,13,23H2,1-3H3,(H,24,26). The molecule has 0 aliphatic carbocycles. The largest absolute Gasteiger partial charge is 0.399 e. The van der Waals surface area contributed by atoms with Crippen molar-refractivity contribution in [3.8, 4) is 0 Å². The van der Waals surface area contributed by atoms with Crippen LogP contribution in [0.5, 0.6) is 0 Å². The molecule has 3 rings (SSSR count). The van der Waals surface area contributed by atoms with Crippen molar-refractivity contribution in [1.82, 2.24) is 4.90 Å². The Hall–Kier alpha value is -2.82. The van der Waals surface area contributed by atoms with Gasteiger partial charge < -0.3 is 16.0 Å². The van der Waals surface area contributed by atoms with Crippen molar-refractivity contribution in [2.45, 2.75) is 33.6 Å². The number of nitrogens with zero attached hydrogens (tertiary/aromatic N) is 1. The van der Waals surface area contributed by atoms with Gasteiger partial charge in [-0.1, -0.05) is 13.0 Å². The first-order valence-electron chi connectivity index (χ1n) is 9.42. The Labute approximate surface area is 160 Å². The van der Waals surface area contributed by atoms with Gasteiger partial charge in [0.15, 0.2) is 0 Å². The van der Waals surface area contributed by atoms with E-state index in [2.05, 4.69) is 12.2 Å². The smallest absolute Gasteiger partial charge is 0.256 e. The summed E-state index contributed by atoms with van der Waals surface area (Å²) < 4.78 is 0. The second kappa shape index (κ2) is 7.82. The Morgan fingerprint density at radius 2 is 1.89 bits per heavy atom. The highest BCUT2D eigenvalue weighted by Gasteiger charge is 2.22. The molecule has 1 unspecified atom stereocenters. The monoisotopic (exact) mass is 365 g/mol. The third-order valence-corrected chi connectivity index (χ3v) is 5.17. The van der Waals surface area contributed by atoms with Crippen molar-refractivity contribution in [3.63, 3.8) is 0 Å². The number of anilines is 2. The molecular formula is C22H27N3O2. The molecule has 1 aliphatic heterocycles. The zero-order valence-corrected chi connectivity index (χ0v) is 16.2. The molecule has 27 heavy (non-hydrogen) atoms. The van der Waals surface area contributed by atoms with Gasteiger partial charge in [-0.05, 0) is 74.1 Å². The normalized spacial score (nSPS) is 16.9. The lowest BCUT2D eigenvalue weighted by Gasteiger charge is -2.31. The maximum absolute atomic E-state index is 12.8. The van der Waals surface area contributed by atoms with Crippen LogP contribution in [0.2, 0.25) is 0 Å². The number of nitrogens with one attached hydrogen (secondary N) is 1. The van der Waals surface area contributed by atoms with Gasteiger partial charge in [-0.25, -0.2) is 0 Å². The van der Waals surface area contributed by atoms with Crippen molar-refractivity contribution < 1.29 is 9.59 Å². The fourth-order valence-electron chi connectivity index (χ4n) is 3.57. The number of rotatable bonds is 3. The second-order valence-corrected chi connectivity index (χ2v) is 7.56. The maximum atomic E-state index is 12.8. The Morgan fingerprint density at radius 1 is 1.11 bits per heavy atom. The van der Waals surface area contributed by atoms with E-state index in [0.717, 1.165) is 30.6 Å². The Balaban J connectivity index is 1.75. The summed E-state index contributed by atoms with van der Waals surface area (Å²) in [5, 5.41) is 2.93. The number of nitrogens with two attached hydrogens (primary N) is 1. The van der Waals surface area contributed by atoms with Gasteiger partial charge >= 0.3 is 0 Å². The predicted octanol–water partition coefficient (Wildman–Crippen LogP) is 4.01. The number of carbonyl (C=O) groups excluding carboxylic acids is 2. The summed E-state index contributed by atoms with van der Waals surface area (Å²) >= 11 is 0. The quantitative estimate of drug-likeness (QED) is 0.807. The number of piperidine rings is 1. The summed E-state index contributed by atoms with van der Waals surface area (Å²) in [5.74, 6) is 0.407. The van der Waals surface area contributed by atoms with Crippen molar-refractivity contribution in [2.24, 2.45) is 5.92 Å². The maximum Gasteiger partial charge on any atom is 0.256 e. The number of likely N-dealkylation sites (tertiary alicyclic amines) is 1. The third-order valence-electron chi connectivity index (χ3n) is 5.17. The number of hydrogen-bond donors (Lipinski definition) is 2. The highest BCUT2D eigenvalue weighted by atomic mass is 16.2. The van der Waals surface area contributed by atoms with Crippen LogP contribution in [-0.2, 0) is 0 Å². The molecule has 1 saturated heterocycles. The van der Waals surface area contributed by atoms with Gasteiger partial charge in [-0.15, -0.1) is 0 Å².